The third kappa shape index (κ3) is 4.74. The number of aryl methyl sites for hydroxylation is 2. The maximum Gasteiger partial charge on any atom is 0.128 e. The molecular formula is C29H27NO3S2. The molecule has 0 N–H and O–H groups in total. The first-order valence-electron chi connectivity index (χ1n) is 11.5. The lowest BCUT2D eigenvalue weighted by atomic mass is 10.0. The van der Waals surface area contributed by atoms with E-state index in [4.69, 9.17) is 4.74 Å². The zero-order chi connectivity index (χ0) is 24.5. The van der Waals surface area contributed by atoms with Gasteiger partial charge in [0, 0.05) is 9.79 Å². The van der Waals surface area contributed by atoms with Crippen LogP contribution >= 0.6 is 0 Å². The van der Waals surface area contributed by atoms with Gasteiger partial charge in [0.05, 0.1) is 34.9 Å². The van der Waals surface area contributed by atoms with Gasteiger partial charge >= 0.3 is 0 Å². The van der Waals surface area contributed by atoms with Crippen molar-refractivity contribution in [1.29, 1.82) is 0 Å². The second kappa shape index (κ2) is 9.90. The molecule has 1 fully saturated rings. The Kier molecular flexibility index (Phi) is 6.69. The molecule has 0 bridgehead atoms. The van der Waals surface area contributed by atoms with Gasteiger partial charge in [0.1, 0.15) is 16.7 Å². The summed E-state index contributed by atoms with van der Waals surface area (Å²) in [6.07, 6.45) is 0. The molecule has 4 aromatic carbocycles. The number of nitrogens with zero attached hydrogens (tertiary/aromatic N) is 1. The second-order valence-corrected chi connectivity index (χ2v) is 11.5. The second-order valence-electron chi connectivity index (χ2n) is 8.70. The Labute approximate surface area is 211 Å². The Morgan fingerprint density at radius 1 is 0.686 bits per heavy atom. The van der Waals surface area contributed by atoms with E-state index in [0.717, 1.165) is 42.7 Å². The zero-order valence-corrected chi connectivity index (χ0v) is 21.5. The standard InChI is InChI=1S/C29H27NO3S2/c1-20-8-16-24(17-9-20)34(31)27-7-5-4-6-26(27)29-28(22-12-14-23(33-3)15-13-22)30(29)35(32)25-18-10-21(2)11-19-25/h4-19,28-29H,1-3H3/t28-,29+,30?,34+,35-/m1/s1. The number of rotatable bonds is 7. The van der Waals surface area contributed by atoms with Crippen molar-refractivity contribution in [2.75, 3.05) is 7.11 Å². The number of methoxy groups -OCH3 is 1. The van der Waals surface area contributed by atoms with E-state index in [0.29, 0.717) is 0 Å². The van der Waals surface area contributed by atoms with Crippen LogP contribution in [-0.2, 0) is 21.8 Å². The monoisotopic (exact) mass is 501 g/mol. The number of hydrogen-bond acceptors (Lipinski definition) is 3. The van der Waals surface area contributed by atoms with E-state index < -0.39 is 21.8 Å². The molecule has 0 radical (unpaired) electrons. The van der Waals surface area contributed by atoms with Gasteiger partial charge < -0.3 is 4.74 Å². The Morgan fingerprint density at radius 2 is 1.26 bits per heavy atom. The first-order valence-corrected chi connectivity index (χ1v) is 13.7. The third-order valence-electron chi connectivity index (χ3n) is 6.30. The first-order chi connectivity index (χ1) is 17.0. The van der Waals surface area contributed by atoms with Crippen LogP contribution in [0, 0.1) is 13.8 Å². The fraction of sp³-hybridized carbons (Fsp3) is 0.172. The number of benzene rings is 4. The van der Waals surface area contributed by atoms with Crippen LogP contribution < -0.4 is 4.74 Å². The summed E-state index contributed by atoms with van der Waals surface area (Å²) < 4.78 is 34.7. The van der Waals surface area contributed by atoms with Gasteiger partial charge in [-0.25, -0.2) is 12.7 Å². The van der Waals surface area contributed by atoms with Crippen molar-refractivity contribution >= 4 is 21.8 Å². The number of hydrogen-bond donors (Lipinski definition) is 0. The first kappa shape index (κ1) is 23.7. The molecule has 178 valence electrons. The fourth-order valence-electron chi connectivity index (χ4n) is 4.31. The summed E-state index contributed by atoms with van der Waals surface area (Å²) in [5, 5.41) is 0. The topological polar surface area (TPSA) is 46.4 Å². The summed E-state index contributed by atoms with van der Waals surface area (Å²) in [7, 11) is -1.07. The lowest BCUT2D eigenvalue weighted by molar-refractivity contribution is 0.414. The van der Waals surface area contributed by atoms with Crippen LogP contribution in [0.3, 0.4) is 0 Å². The molecular weight excluding hydrogens is 474 g/mol. The van der Waals surface area contributed by atoms with Crippen molar-refractivity contribution in [3.63, 3.8) is 0 Å². The van der Waals surface area contributed by atoms with Crippen molar-refractivity contribution < 1.29 is 13.2 Å². The van der Waals surface area contributed by atoms with Gasteiger partial charge in [-0.3, -0.25) is 0 Å². The smallest absolute Gasteiger partial charge is 0.128 e. The third-order valence-corrected chi connectivity index (χ3v) is 9.29. The minimum atomic E-state index is -1.37. The molecule has 0 amide bonds. The highest BCUT2D eigenvalue weighted by atomic mass is 32.2. The molecule has 0 aromatic heterocycles. The molecule has 5 atom stereocenters. The zero-order valence-electron chi connectivity index (χ0n) is 19.9. The van der Waals surface area contributed by atoms with E-state index >= 15 is 0 Å². The van der Waals surface area contributed by atoms with Gasteiger partial charge in [-0.2, -0.15) is 0 Å². The van der Waals surface area contributed by atoms with E-state index in [9.17, 15) is 8.42 Å². The molecule has 0 spiro atoms. The van der Waals surface area contributed by atoms with Gasteiger partial charge in [-0.1, -0.05) is 65.7 Å². The van der Waals surface area contributed by atoms with Gasteiger partial charge in [0.2, 0.25) is 0 Å². The Hall–Kier alpha value is -3.06. The molecule has 1 saturated heterocycles. The fourth-order valence-corrected chi connectivity index (χ4v) is 6.99. The molecule has 0 saturated carbocycles. The van der Waals surface area contributed by atoms with E-state index in [1.807, 2.05) is 115 Å². The highest BCUT2D eigenvalue weighted by Crippen LogP contribution is 2.58. The van der Waals surface area contributed by atoms with Gasteiger partial charge in [0.15, 0.2) is 0 Å². The van der Waals surface area contributed by atoms with Crippen molar-refractivity contribution in [1.82, 2.24) is 4.31 Å². The van der Waals surface area contributed by atoms with Gasteiger partial charge in [-0.05, 0) is 67.4 Å². The average molecular weight is 502 g/mol. The lowest BCUT2D eigenvalue weighted by Gasteiger charge is -2.10. The highest BCUT2D eigenvalue weighted by molar-refractivity contribution is 7.85. The summed E-state index contributed by atoms with van der Waals surface area (Å²) in [6, 6.07) is 31.0. The van der Waals surface area contributed by atoms with Crippen LogP contribution in [0.15, 0.2) is 112 Å². The molecule has 1 aliphatic rings. The van der Waals surface area contributed by atoms with Gasteiger partial charge in [-0.15, -0.1) is 0 Å². The lowest BCUT2D eigenvalue weighted by Crippen LogP contribution is -2.06. The quantitative estimate of drug-likeness (QED) is 0.279. The molecule has 1 aliphatic heterocycles. The van der Waals surface area contributed by atoms with Crippen LogP contribution in [0.1, 0.15) is 34.3 Å². The highest BCUT2D eigenvalue weighted by Gasteiger charge is 2.54. The molecule has 35 heavy (non-hydrogen) atoms. The molecule has 4 aromatic rings. The van der Waals surface area contributed by atoms with Crippen LogP contribution in [0.4, 0.5) is 0 Å². The van der Waals surface area contributed by atoms with E-state index in [-0.39, 0.29) is 12.1 Å². The van der Waals surface area contributed by atoms with Crippen LogP contribution in [0.25, 0.3) is 0 Å². The summed E-state index contributed by atoms with van der Waals surface area (Å²) in [5.41, 5.74) is 4.24. The Balaban J connectivity index is 1.55. The van der Waals surface area contributed by atoms with Gasteiger partial charge in [0.25, 0.3) is 0 Å². The molecule has 4 nitrogen and oxygen atoms in total. The Bertz CT molecular complexity index is 1380. The van der Waals surface area contributed by atoms with Crippen LogP contribution in [0.2, 0.25) is 0 Å². The molecule has 6 heteroatoms. The van der Waals surface area contributed by atoms with E-state index in [2.05, 4.69) is 0 Å². The van der Waals surface area contributed by atoms with Crippen molar-refractivity contribution in [3.8, 4) is 5.75 Å². The van der Waals surface area contributed by atoms with E-state index in [1.54, 1.807) is 7.11 Å². The van der Waals surface area contributed by atoms with Crippen LogP contribution in [0.5, 0.6) is 5.75 Å². The summed E-state index contributed by atoms with van der Waals surface area (Å²) in [6.45, 7) is 4.03. The Morgan fingerprint density at radius 3 is 1.86 bits per heavy atom. The maximum absolute atomic E-state index is 13.7. The minimum absolute atomic E-state index is 0.0980. The van der Waals surface area contributed by atoms with Crippen molar-refractivity contribution in [2.24, 2.45) is 0 Å². The maximum atomic E-state index is 13.7. The molecule has 5 rings (SSSR count). The number of ether oxygens (including phenoxy) is 1. The van der Waals surface area contributed by atoms with Crippen molar-refractivity contribution in [3.05, 3.63) is 119 Å². The normalized spacial score (nSPS) is 20.7. The average Bonchev–Trinajstić information content (AvgIpc) is 3.64. The molecule has 0 aliphatic carbocycles. The van der Waals surface area contributed by atoms with Crippen molar-refractivity contribution in [2.45, 2.75) is 40.6 Å². The molecule has 1 unspecified atom stereocenters. The predicted molar refractivity (Wildman–Crippen MR) is 140 cm³/mol. The van der Waals surface area contributed by atoms with Crippen LogP contribution in [-0.4, -0.2) is 19.8 Å². The summed E-state index contributed by atoms with van der Waals surface area (Å²) in [5.74, 6) is 0.776. The summed E-state index contributed by atoms with van der Waals surface area (Å²) in [4.78, 5) is 2.27. The SMILES string of the molecule is COc1ccc([C@@H]2[C@H](c3ccccc3[S@@](=O)c3ccc(C)cc3)N2[S@](=O)c2ccc(C)cc2)cc1. The summed E-state index contributed by atoms with van der Waals surface area (Å²) >= 11 is 0. The predicted octanol–water partition coefficient (Wildman–Crippen LogP) is 6.30. The minimum Gasteiger partial charge on any atom is -0.497 e. The largest absolute Gasteiger partial charge is 0.497 e. The van der Waals surface area contributed by atoms with E-state index in [1.165, 1.54) is 0 Å². The molecule has 1 heterocycles.